The smallest absolute Gasteiger partial charge is 0.263 e. The minimum Gasteiger partial charge on any atom is -0.497 e. The van der Waals surface area contributed by atoms with Gasteiger partial charge in [-0.05, 0) is 67.4 Å². The normalized spacial score (nSPS) is 15.5. The van der Waals surface area contributed by atoms with Crippen LogP contribution in [0.5, 0.6) is 11.5 Å². The van der Waals surface area contributed by atoms with Crippen molar-refractivity contribution in [3.8, 4) is 11.5 Å². The second-order valence-electron chi connectivity index (χ2n) is 9.05. The molecule has 7 heteroatoms. The molecule has 0 N–H and O–H groups in total. The van der Waals surface area contributed by atoms with Gasteiger partial charge in [-0.2, -0.15) is 0 Å². The Kier molecular flexibility index (Phi) is 8.42. The van der Waals surface area contributed by atoms with Crippen molar-refractivity contribution in [3.05, 3.63) is 81.8 Å². The van der Waals surface area contributed by atoms with Crippen molar-refractivity contribution in [2.24, 2.45) is 5.92 Å². The average molecular weight is 497 g/mol. The maximum absolute atomic E-state index is 14.6. The van der Waals surface area contributed by atoms with Crippen LogP contribution in [0.4, 0.5) is 4.39 Å². The number of ether oxygens (including phenoxy) is 2. The fraction of sp³-hybridized carbons (Fsp3) is 0.393. The zero-order chi connectivity index (χ0) is 24.8. The predicted octanol–water partition coefficient (Wildman–Crippen LogP) is 5.50. The van der Waals surface area contributed by atoms with E-state index in [0.29, 0.717) is 12.0 Å². The number of rotatable bonds is 9. The van der Waals surface area contributed by atoms with Gasteiger partial charge in [0.1, 0.15) is 17.3 Å². The molecule has 3 aromatic rings. The molecule has 35 heavy (non-hydrogen) atoms. The Hall–Kier alpha value is -2.90. The molecule has 1 fully saturated rings. The molecule has 1 atom stereocenters. The Morgan fingerprint density at radius 3 is 2.51 bits per heavy atom. The van der Waals surface area contributed by atoms with Gasteiger partial charge in [-0.15, -0.1) is 11.3 Å². The van der Waals surface area contributed by atoms with E-state index in [1.165, 1.54) is 17.4 Å². The predicted molar refractivity (Wildman–Crippen MR) is 138 cm³/mol. The molecule has 0 radical (unpaired) electrons. The first kappa shape index (κ1) is 25.2. The van der Waals surface area contributed by atoms with E-state index in [9.17, 15) is 9.18 Å². The van der Waals surface area contributed by atoms with Gasteiger partial charge in [0, 0.05) is 31.3 Å². The minimum absolute atomic E-state index is 0.00624. The fourth-order valence-electron chi connectivity index (χ4n) is 4.95. The van der Waals surface area contributed by atoms with Crippen molar-refractivity contribution >= 4 is 17.2 Å². The first-order chi connectivity index (χ1) is 17.0. The third-order valence-electron chi connectivity index (χ3n) is 7.00. The first-order valence-corrected chi connectivity index (χ1v) is 12.9. The second-order valence-corrected chi connectivity index (χ2v) is 10.00. The fourth-order valence-corrected chi connectivity index (χ4v) is 5.66. The van der Waals surface area contributed by atoms with Crippen LogP contribution in [0.3, 0.4) is 0 Å². The lowest BCUT2D eigenvalue weighted by Gasteiger charge is -2.40. The third kappa shape index (κ3) is 6.03. The largest absolute Gasteiger partial charge is 0.497 e. The molecule has 2 heterocycles. The highest BCUT2D eigenvalue weighted by molar-refractivity contribution is 7.12. The summed E-state index contributed by atoms with van der Waals surface area (Å²) in [5, 5.41) is 1.92. The van der Waals surface area contributed by atoms with E-state index in [1.807, 2.05) is 53.7 Å². The average Bonchev–Trinajstić information content (AvgIpc) is 3.43. The Balaban J connectivity index is 1.47. The summed E-state index contributed by atoms with van der Waals surface area (Å²) in [5.41, 5.74) is 1.79. The number of nitrogens with zero attached hydrogens (tertiary/aromatic N) is 2. The lowest BCUT2D eigenvalue weighted by molar-refractivity contribution is 0.0587. The quantitative estimate of drug-likeness (QED) is 0.392. The molecule has 0 bridgehead atoms. The number of piperidine rings is 1. The number of carbonyl (C=O) groups excluding carboxylic acids is 1. The summed E-state index contributed by atoms with van der Waals surface area (Å²) in [6, 6.07) is 16.5. The Bertz CT molecular complexity index is 1110. The second kappa shape index (κ2) is 11.7. The van der Waals surface area contributed by atoms with E-state index in [2.05, 4.69) is 11.0 Å². The molecule has 4 rings (SSSR count). The lowest BCUT2D eigenvalue weighted by atomic mass is 9.84. The van der Waals surface area contributed by atoms with Crippen molar-refractivity contribution in [3.63, 3.8) is 0 Å². The molecule has 0 spiro atoms. The van der Waals surface area contributed by atoms with E-state index in [-0.39, 0.29) is 23.7 Å². The van der Waals surface area contributed by atoms with Crippen LogP contribution >= 0.6 is 11.3 Å². The topological polar surface area (TPSA) is 42.0 Å². The summed E-state index contributed by atoms with van der Waals surface area (Å²) in [6.07, 6.45) is 2.40. The molecule has 186 valence electrons. The number of benzene rings is 2. The van der Waals surface area contributed by atoms with Gasteiger partial charge in [-0.3, -0.25) is 9.69 Å². The number of likely N-dealkylation sites (N-methyl/N-ethyl adjacent to an activating group) is 1. The number of thiophene rings is 1. The molecule has 1 amide bonds. The maximum Gasteiger partial charge on any atom is 0.263 e. The van der Waals surface area contributed by atoms with Gasteiger partial charge in [0.05, 0.1) is 19.1 Å². The zero-order valence-corrected chi connectivity index (χ0v) is 21.4. The van der Waals surface area contributed by atoms with E-state index in [1.54, 1.807) is 20.3 Å². The van der Waals surface area contributed by atoms with Crippen molar-refractivity contribution in [1.29, 1.82) is 0 Å². The summed E-state index contributed by atoms with van der Waals surface area (Å²) in [5.74, 6) is 1.69. The monoisotopic (exact) mass is 496 g/mol. The van der Waals surface area contributed by atoms with Crippen molar-refractivity contribution in [1.82, 2.24) is 9.80 Å². The number of halogens is 1. The molecule has 1 aliphatic rings. The number of methoxy groups -OCH3 is 2. The Labute approximate surface area is 211 Å². The number of carbonyl (C=O) groups is 1. The summed E-state index contributed by atoms with van der Waals surface area (Å²) < 4.78 is 25.4. The van der Waals surface area contributed by atoms with Crippen LogP contribution in [0.1, 0.15) is 33.6 Å². The molecule has 1 aromatic heterocycles. The molecule has 0 saturated carbocycles. The molecule has 5 nitrogen and oxygen atoms in total. The van der Waals surface area contributed by atoms with E-state index >= 15 is 0 Å². The Morgan fingerprint density at radius 1 is 1.09 bits per heavy atom. The van der Waals surface area contributed by atoms with Gasteiger partial charge in [0.25, 0.3) is 5.91 Å². The summed E-state index contributed by atoms with van der Waals surface area (Å²) in [7, 11) is 5.19. The third-order valence-corrected chi connectivity index (χ3v) is 7.86. The van der Waals surface area contributed by atoms with E-state index in [4.69, 9.17) is 9.47 Å². The summed E-state index contributed by atoms with van der Waals surface area (Å²) in [6.45, 7) is 2.62. The summed E-state index contributed by atoms with van der Waals surface area (Å²) in [4.78, 5) is 18.2. The van der Waals surface area contributed by atoms with Gasteiger partial charge >= 0.3 is 0 Å². The summed E-state index contributed by atoms with van der Waals surface area (Å²) >= 11 is 1.45. The van der Waals surface area contributed by atoms with Crippen LogP contribution in [0.15, 0.2) is 60.0 Å². The SMILES string of the molecule is COc1ccc(CN2CCC(C(Cc3ccccc3F)N(C)C(=O)c3cccs3)CC2)c(OC)c1. The maximum atomic E-state index is 14.6. The number of likely N-dealkylation sites (tertiary alicyclic amines) is 1. The molecule has 1 aliphatic heterocycles. The van der Waals surface area contributed by atoms with Gasteiger partial charge in [0.15, 0.2) is 0 Å². The number of hydrogen-bond donors (Lipinski definition) is 0. The Morgan fingerprint density at radius 2 is 1.86 bits per heavy atom. The highest BCUT2D eigenvalue weighted by Gasteiger charge is 2.33. The molecule has 1 unspecified atom stereocenters. The standard InChI is InChI=1S/C28H33FN2O3S/c1-30(28(32)27-9-6-16-35-27)25(17-21-7-4-5-8-24(21)29)20-12-14-31(15-13-20)19-22-10-11-23(33-2)18-26(22)34-3/h4-11,16,18,20,25H,12-15,17,19H2,1-3H3. The molecule has 2 aromatic carbocycles. The van der Waals surface area contributed by atoms with Gasteiger partial charge < -0.3 is 14.4 Å². The van der Waals surface area contributed by atoms with Gasteiger partial charge in [-0.1, -0.05) is 30.3 Å². The van der Waals surface area contributed by atoms with Crippen LogP contribution in [-0.2, 0) is 13.0 Å². The van der Waals surface area contributed by atoms with E-state index in [0.717, 1.165) is 54.4 Å². The minimum atomic E-state index is -0.210. The molecular formula is C28H33FN2O3S. The van der Waals surface area contributed by atoms with Crippen LogP contribution in [0.2, 0.25) is 0 Å². The first-order valence-electron chi connectivity index (χ1n) is 12.0. The number of amides is 1. The lowest BCUT2D eigenvalue weighted by Crippen LogP contribution is -2.47. The highest BCUT2D eigenvalue weighted by Crippen LogP contribution is 2.31. The van der Waals surface area contributed by atoms with Crippen molar-refractivity contribution < 1.29 is 18.7 Å². The highest BCUT2D eigenvalue weighted by atomic mass is 32.1. The van der Waals surface area contributed by atoms with Gasteiger partial charge in [0.2, 0.25) is 0 Å². The van der Waals surface area contributed by atoms with Crippen LogP contribution in [0, 0.1) is 11.7 Å². The molecule has 1 saturated heterocycles. The number of hydrogen-bond acceptors (Lipinski definition) is 5. The molecule has 0 aliphatic carbocycles. The zero-order valence-electron chi connectivity index (χ0n) is 20.6. The van der Waals surface area contributed by atoms with Crippen molar-refractivity contribution in [2.45, 2.75) is 31.8 Å². The van der Waals surface area contributed by atoms with Crippen LogP contribution < -0.4 is 9.47 Å². The van der Waals surface area contributed by atoms with Crippen LogP contribution in [0.25, 0.3) is 0 Å². The molecular weight excluding hydrogens is 463 g/mol. The van der Waals surface area contributed by atoms with E-state index < -0.39 is 0 Å². The van der Waals surface area contributed by atoms with Crippen molar-refractivity contribution in [2.75, 3.05) is 34.4 Å². The van der Waals surface area contributed by atoms with Crippen LogP contribution in [-0.4, -0.2) is 56.1 Å². The van der Waals surface area contributed by atoms with Gasteiger partial charge in [-0.25, -0.2) is 4.39 Å².